The fourth-order valence-corrected chi connectivity index (χ4v) is 2.22. The van der Waals surface area contributed by atoms with Crippen molar-refractivity contribution in [2.45, 2.75) is 45.1 Å². The van der Waals surface area contributed by atoms with Crippen molar-refractivity contribution in [1.29, 1.82) is 0 Å². The first-order valence-corrected chi connectivity index (χ1v) is 8.10. The largest absolute Gasteiger partial charge is 0.494 e. The molecule has 0 bridgehead atoms. The molecule has 1 rings (SSSR count). The molecule has 0 spiro atoms. The van der Waals surface area contributed by atoms with E-state index >= 15 is 0 Å². The molecule has 21 heavy (non-hydrogen) atoms. The van der Waals surface area contributed by atoms with Crippen LogP contribution < -0.4 is 10.1 Å². The summed E-state index contributed by atoms with van der Waals surface area (Å²) in [5.74, 6) is 0.746. The number of carbonyl (C=O) groups excluding carboxylic acids is 1. The lowest BCUT2D eigenvalue weighted by molar-refractivity contribution is -0.122. The first-order chi connectivity index (χ1) is 9.93. The normalized spacial score (nSPS) is 13.5. The van der Waals surface area contributed by atoms with Crippen LogP contribution in [0.5, 0.6) is 5.75 Å². The molecule has 0 fully saturated rings. The Balaban J connectivity index is 2.15. The lowest BCUT2D eigenvalue weighted by Gasteiger charge is -2.22. The van der Waals surface area contributed by atoms with Crippen LogP contribution in [0, 0.1) is 0 Å². The van der Waals surface area contributed by atoms with Crippen LogP contribution in [0.4, 0.5) is 0 Å². The molecule has 1 unspecified atom stereocenters. The predicted octanol–water partition coefficient (Wildman–Crippen LogP) is 3.28. The molecule has 0 saturated carbocycles. The van der Waals surface area contributed by atoms with Crippen molar-refractivity contribution in [3.05, 3.63) is 28.7 Å². The molecule has 1 amide bonds. The zero-order chi connectivity index (χ0) is 15.7. The van der Waals surface area contributed by atoms with Gasteiger partial charge in [0.05, 0.1) is 12.2 Å². The topological polar surface area (TPSA) is 58.6 Å². The molecule has 0 radical (unpaired) electrons. The second-order valence-corrected chi connectivity index (χ2v) is 6.35. The molecule has 0 heterocycles. The molecular formula is C16H24BrNO3. The van der Waals surface area contributed by atoms with Crippen molar-refractivity contribution in [3.8, 4) is 5.75 Å². The van der Waals surface area contributed by atoms with E-state index in [2.05, 4.69) is 21.2 Å². The molecule has 0 aliphatic rings. The maximum absolute atomic E-state index is 11.7. The van der Waals surface area contributed by atoms with E-state index in [1.165, 1.54) is 0 Å². The highest BCUT2D eigenvalue weighted by atomic mass is 79.9. The van der Waals surface area contributed by atoms with Crippen molar-refractivity contribution >= 4 is 21.8 Å². The molecule has 1 aromatic carbocycles. The number of carbonyl (C=O) groups is 1. The maximum atomic E-state index is 11.7. The summed E-state index contributed by atoms with van der Waals surface area (Å²) in [6.07, 6.45) is 2.63. The van der Waals surface area contributed by atoms with E-state index < -0.39 is 5.60 Å². The van der Waals surface area contributed by atoms with Gasteiger partial charge in [-0.25, -0.2) is 0 Å². The van der Waals surface area contributed by atoms with Gasteiger partial charge in [-0.1, -0.05) is 29.3 Å². The smallest absolute Gasteiger partial charge is 0.220 e. The van der Waals surface area contributed by atoms with Crippen LogP contribution in [0.25, 0.3) is 0 Å². The van der Waals surface area contributed by atoms with Gasteiger partial charge >= 0.3 is 0 Å². The fourth-order valence-electron chi connectivity index (χ4n) is 1.96. The third-order valence-corrected chi connectivity index (χ3v) is 3.61. The van der Waals surface area contributed by atoms with E-state index in [1.54, 1.807) is 6.92 Å². The van der Waals surface area contributed by atoms with Gasteiger partial charge in [-0.05, 0) is 44.0 Å². The van der Waals surface area contributed by atoms with Crippen LogP contribution in [0.15, 0.2) is 28.7 Å². The Hall–Kier alpha value is -1.07. The standard InChI is InChI=1S/C16H24BrNO3/c1-3-10-16(2,20)12-18-15(19)5-4-11-21-14-8-6-13(17)7-9-14/h6-9,20H,3-5,10-12H2,1-2H3,(H,18,19). The van der Waals surface area contributed by atoms with Gasteiger partial charge in [0.1, 0.15) is 5.75 Å². The quantitative estimate of drug-likeness (QED) is 0.666. The molecule has 0 aliphatic heterocycles. The molecule has 1 atom stereocenters. The lowest BCUT2D eigenvalue weighted by atomic mass is 10.0. The number of ether oxygens (including phenoxy) is 1. The van der Waals surface area contributed by atoms with E-state index in [1.807, 2.05) is 31.2 Å². The SMILES string of the molecule is CCCC(C)(O)CNC(=O)CCCOc1ccc(Br)cc1. The summed E-state index contributed by atoms with van der Waals surface area (Å²) in [6, 6.07) is 7.59. The van der Waals surface area contributed by atoms with Gasteiger partial charge in [-0.2, -0.15) is 0 Å². The molecule has 5 heteroatoms. The predicted molar refractivity (Wildman–Crippen MR) is 87.4 cm³/mol. The highest BCUT2D eigenvalue weighted by molar-refractivity contribution is 9.10. The number of halogens is 1. The second-order valence-electron chi connectivity index (χ2n) is 5.43. The summed E-state index contributed by atoms with van der Waals surface area (Å²) >= 11 is 3.36. The van der Waals surface area contributed by atoms with Crippen LogP contribution in [0.3, 0.4) is 0 Å². The van der Waals surface area contributed by atoms with Gasteiger partial charge in [-0.15, -0.1) is 0 Å². The van der Waals surface area contributed by atoms with Crippen molar-refractivity contribution in [1.82, 2.24) is 5.32 Å². The number of hydrogen-bond acceptors (Lipinski definition) is 3. The number of nitrogens with one attached hydrogen (secondary N) is 1. The monoisotopic (exact) mass is 357 g/mol. The van der Waals surface area contributed by atoms with Crippen LogP contribution in [-0.4, -0.2) is 29.8 Å². The highest BCUT2D eigenvalue weighted by Gasteiger charge is 2.19. The number of rotatable bonds is 9. The van der Waals surface area contributed by atoms with Crippen molar-refractivity contribution in [2.24, 2.45) is 0 Å². The maximum Gasteiger partial charge on any atom is 0.220 e. The molecule has 4 nitrogen and oxygen atoms in total. The van der Waals surface area contributed by atoms with E-state index in [9.17, 15) is 9.90 Å². The van der Waals surface area contributed by atoms with Crippen LogP contribution in [-0.2, 0) is 4.79 Å². The number of benzene rings is 1. The van der Waals surface area contributed by atoms with Crippen LogP contribution >= 0.6 is 15.9 Å². The Kier molecular flexibility index (Phi) is 7.75. The van der Waals surface area contributed by atoms with Gasteiger partial charge < -0.3 is 15.2 Å². The lowest BCUT2D eigenvalue weighted by Crippen LogP contribution is -2.40. The van der Waals surface area contributed by atoms with E-state index in [4.69, 9.17) is 4.74 Å². The van der Waals surface area contributed by atoms with Crippen molar-refractivity contribution in [3.63, 3.8) is 0 Å². The average molecular weight is 358 g/mol. The summed E-state index contributed by atoms with van der Waals surface area (Å²) in [4.78, 5) is 11.7. The second kappa shape index (κ2) is 9.05. The van der Waals surface area contributed by atoms with E-state index in [-0.39, 0.29) is 5.91 Å². The third-order valence-electron chi connectivity index (χ3n) is 3.09. The first kappa shape index (κ1) is 18.0. The average Bonchev–Trinajstić information content (AvgIpc) is 2.43. The van der Waals surface area contributed by atoms with E-state index in [0.717, 1.165) is 16.6 Å². The molecule has 2 N–H and O–H groups in total. The Bertz CT molecular complexity index is 432. The fraction of sp³-hybridized carbons (Fsp3) is 0.562. The molecular weight excluding hydrogens is 334 g/mol. The van der Waals surface area contributed by atoms with Crippen LogP contribution in [0.1, 0.15) is 39.5 Å². The van der Waals surface area contributed by atoms with Gasteiger partial charge in [0.2, 0.25) is 5.91 Å². The highest BCUT2D eigenvalue weighted by Crippen LogP contribution is 2.16. The van der Waals surface area contributed by atoms with Gasteiger partial charge in [-0.3, -0.25) is 4.79 Å². The van der Waals surface area contributed by atoms with Gasteiger partial charge in [0.25, 0.3) is 0 Å². The zero-order valence-electron chi connectivity index (χ0n) is 12.7. The minimum Gasteiger partial charge on any atom is -0.494 e. The molecule has 0 saturated heterocycles. The summed E-state index contributed by atoms with van der Waals surface area (Å²) in [5, 5.41) is 12.7. The van der Waals surface area contributed by atoms with Crippen molar-refractivity contribution < 1.29 is 14.6 Å². The zero-order valence-corrected chi connectivity index (χ0v) is 14.3. The van der Waals surface area contributed by atoms with Gasteiger partial charge in [0, 0.05) is 17.4 Å². The Morgan fingerprint density at radius 3 is 2.67 bits per heavy atom. The Morgan fingerprint density at radius 1 is 1.38 bits per heavy atom. The third kappa shape index (κ3) is 8.07. The number of amides is 1. The summed E-state index contributed by atoms with van der Waals surface area (Å²) in [6.45, 7) is 4.55. The summed E-state index contributed by atoms with van der Waals surface area (Å²) in [7, 11) is 0. The van der Waals surface area contributed by atoms with E-state index in [0.29, 0.717) is 32.4 Å². The number of aliphatic hydroxyl groups is 1. The van der Waals surface area contributed by atoms with Crippen LogP contribution in [0.2, 0.25) is 0 Å². The van der Waals surface area contributed by atoms with Gasteiger partial charge in [0.15, 0.2) is 0 Å². The van der Waals surface area contributed by atoms with Crippen molar-refractivity contribution in [2.75, 3.05) is 13.2 Å². The summed E-state index contributed by atoms with van der Waals surface area (Å²) in [5.41, 5.74) is -0.821. The summed E-state index contributed by atoms with van der Waals surface area (Å²) < 4.78 is 6.55. The first-order valence-electron chi connectivity index (χ1n) is 7.30. The molecule has 1 aromatic rings. The minimum absolute atomic E-state index is 0.0502. The Morgan fingerprint density at radius 2 is 2.05 bits per heavy atom. The number of hydrogen-bond donors (Lipinski definition) is 2. The minimum atomic E-state index is -0.821. The molecule has 0 aromatic heterocycles. The molecule has 118 valence electrons. The Labute approximate surface area is 135 Å². The molecule has 0 aliphatic carbocycles.